The lowest BCUT2D eigenvalue weighted by Crippen LogP contribution is -2.15. The van der Waals surface area contributed by atoms with Crippen LogP contribution >= 0.6 is 11.6 Å². The zero-order chi connectivity index (χ0) is 19.0. The molecule has 3 aromatic rings. The van der Waals surface area contributed by atoms with Gasteiger partial charge in [0, 0.05) is 16.9 Å². The molecule has 0 atom stereocenters. The van der Waals surface area contributed by atoms with Gasteiger partial charge >= 0.3 is 0 Å². The van der Waals surface area contributed by atoms with Gasteiger partial charge in [-0.2, -0.15) is 10.4 Å². The maximum Gasteiger partial charge on any atom is 0.276 e. The van der Waals surface area contributed by atoms with Crippen molar-refractivity contribution in [1.29, 1.82) is 5.26 Å². The quantitative estimate of drug-likeness (QED) is 0.737. The van der Waals surface area contributed by atoms with Crippen LogP contribution in [0.1, 0.15) is 33.7 Å². The first kappa shape index (κ1) is 17.3. The number of carbonyl (C=O) groups is 1. The van der Waals surface area contributed by atoms with Crippen molar-refractivity contribution >= 4 is 23.2 Å². The average Bonchev–Trinajstić information content (AvgIpc) is 3.26. The summed E-state index contributed by atoms with van der Waals surface area (Å²) < 4.78 is 14.9. The Kier molecular flexibility index (Phi) is 4.38. The van der Waals surface area contributed by atoms with E-state index in [2.05, 4.69) is 10.4 Å². The maximum atomic E-state index is 13.2. The van der Waals surface area contributed by atoms with Gasteiger partial charge in [-0.1, -0.05) is 11.6 Å². The van der Waals surface area contributed by atoms with Crippen molar-refractivity contribution in [3.63, 3.8) is 0 Å². The van der Waals surface area contributed by atoms with Crippen LogP contribution in [0.2, 0.25) is 5.02 Å². The molecular weight excluding hydrogens is 367 g/mol. The number of nitrogens with zero attached hydrogens (tertiary/aromatic N) is 3. The summed E-state index contributed by atoms with van der Waals surface area (Å²) >= 11 is 5.93. The molecule has 0 radical (unpaired) electrons. The molecule has 0 spiro atoms. The van der Waals surface area contributed by atoms with Gasteiger partial charge in [-0.05, 0) is 61.7 Å². The molecule has 1 aliphatic rings. The molecule has 0 bridgehead atoms. The van der Waals surface area contributed by atoms with Crippen molar-refractivity contribution in [2.24, 2.45) is 0 Å². The Morgan fingerprint density at radius 3 is 2.74 bits per heavy atom. The van der Waals surface area contributed by atoms with Gasteiger partial charge in [-0.25, -0.2) is 9.07 Å². The number of hydrogen-bond donors (Lipinski definition) is 1. The van der Waals surface area contributed by atoms with Crippen molar-refractivity contribution in [3.8, 4) is 11.8 Å². The van der Waals surface area contributed by atoms with Gasteiger partial charge in [-0.15, -0.1) is 0 Å². The summed E-state index contributed by atoms with van der Waals surface area (Å²) in [5.74, 6) is -0.670. The Morgan fingerprint density at radius 2 is 2.00 bits per heavy atom. The molecule has 2 aromatic carbocycles. The smallest absolute Gasteiger partial charge is 0.276 e. The number of hydrogen-bond acceptors (Lipinski definition) is 3. The van der Waals surface area contributed by atoms with Gasteiger partial charge < -0.3 is 5.32 Å². The topological polar surface area (TPSA) is 70.7 Å². The molecule has 5 nitrogen and oxygen atoms in total. The van der Waals surface area contributed by atoms with Crippen LogP contribution < -0.4 is 5.32 Å². The first-order chi connectivity index (χ1) is 13.1. The third kappa shape index (κ3) is 3.18. The molecule has 134 valence electrons. The fraction of sp³-hybridized carbons (Fsp3) is 0.150. The van der Waals surface area contributed by atoms with E-state index in [-0.39, 0.29) is 17.3 Å². The second-order valence-electron chi connectivity index (χ2n) is 6.28. The summed E-state index contributed by atoms with van der Waals surface area (Å²) in [5.41, 5.74) is 3.71. The molecule has 0 unspecified atom stereocenters. The number of nitrogens with one attached hydrogen (secondary N) is 1. The lowest BCUT2D eigenvalue weighted by atomic mass is 10.1. The minimum atomic E-state index is -0.347. The first-order valence-corrected chi connectivity index (χ1v) is 8.82. The fourth-order valence-electron chi connectivity index (χ4n) is 3.29. The van der Waals surface area contributed by atoms with E-state index in [9.17, 15) is 9.18 Å². The zero-order valence-corrected chi connectivity index (χ0v) is 14.9. The van der Waals surface area contributed by atoms with Crippen molar-refractivity contribution < 1.29 is 9.18 Å². The van der Waals surface area contributed by atoms with Gasteiger partial charge in [0.1, 0.15) is 11.9 Å². The largest absolute Gasteiger partial charge is 0.321 e. The van der Waals surface area contributed by atoms with E-state index < -0.39 is 0 Å². The number of fused-ring (bicyclic) bond motifs is 1. The van der Waals surface area contributed by atoms with Gasteiger partial charge in [0.15, 0.2) is 5.69 Å². The highest BCUT2D eigenvalue weighted by molar-refractivity contribution is 6.31. The number of anilines is 1. The lowest BCUT2D eigenvalue weighted by Gasteiger charge is -2.06. The zero-order valence-electron chi connectivity index (χ0n) is 14.2. The first-order valence-electron chi connectivity index (χ1n) is 8.44. The van der Waals surface area contributed by atoms with Crippen molar-refractivity contribution in [3.05, 3.63) is 75.8 Å². The van der Waals surface area contributed by atoms with E-state index in [1.54, 1.807) is 28.9 Å². The minimum absolute atomic E-state index is 0.288. The highest BCUT2D eigenvalue weighted by Crippen LogP contribution is 2.29. The van der Waals surface area contributed by atoms with Gasteiger partial charge in [-0.3, -0.25) is 4.79 Å². The number of nitriles is 1. The summed E-state index contributed by atoms with van der Waals surface area (Å²) in [5, 5.41) is 16.7. The van der Waals surface area contributed by atoms with E-state index in [1.165, 1.54) is 18.2 Å². The Labute approximate surface area is 160 Å². The summed E-state index contributed by atoms with van der Waals surface area (Å²) in [6.45, 7) is 0. The molecule has 0 fully saturated rings. The number of halogens is 2. The standard InChI is InChI=1S/C20H14ClFN4O/c21-17-9-6-14(10-12(17)11-23)24-20(27)19-16-2-1-3-18(16)26(25-19)15-7-4-13(22)5-8-15/h4-10H,1-3H2,(H,24,27). The molecule has 1 heterocycles. The molecule has 0 saturated heterocycles. The highest BCUT2D eigenvalue weighted by atomic mass is 35.5. The molecular formula is C20H14ClFN4O. The van der Waals surface area contributed by atoms with E-state index in [0.29, 0.717) is 22.1 Å². The lowest BCUT2D eigenvalue weighted by molar-refractivity contribution is 0.102. The van der Waals surface area contributed by atoms with Crippen LogP contribution in [0.5, 0.6) is 0 Å². The van der Waals surface area contributed by atoms with Gasteiger partial charge in [0.2, 0.25) is 0 Å². The molecule has 4 rings (SSSR count). The molecule has 0 aliphatic heterocycles. The molecule has 1 aromatic heterocycles. The predicted octanol–water partition coefficient (Wildman–Crippen LogP) is 4.28. The molecule has 27 heavy (non-hydrogen) atoms. The average molecular weight is 381 g/mol. The third-order valence-electron chi connectivity index (χ3n) is 4.56. The van der Waals surface area contributed by atoms with Gasteiger partial charge in [0.25, 0.3) is 5.91 Å². The Morgan fingerprint density at radius 1 is 1.22 bits per heavy atom. The Balaban J connectivity index is 1.68. The van der Waals surface area contributed by atoms with Crippen LogP contribution in [0.3, 0.4) is 0 Å². The summed E-state index contributed by atoms with van der Waals surface area (Å²) in [6.07, 6.45) is 2.52. The summed E-state index contributed by atoms with van der Waals surface area (Å²) in [6, 6.07) is 12.7. The second-order valence-corrected chi connectivity index (χ2v) is 6.68. The monoisotopic (exact) mass is 380 g/mol. The highest BCUT2D eigenvalue weighted by Gasteiger charge is 2.27. The number of amides is 1. The van der Waals surface area contributed by atoms with E-state index in [0.717, 1.165) is 30.5 Å². The Hall–Kier alpha value is -3.17. The van der Waals surface area contributed by atoms with Crippen LogP contribution in [-0.2, 0) is 12.8 Å². The molecule has 1 amide bonds. The summed E-state index contributed by atoms with van der Waals surface area (Å²) in [7, 11) is 0. The van der Waals surface area contributed by atoms with Crippen LogP contribution in [0.25, 0.3) is 5.69 Å². The van der Waals surface area contributed by atoms with E-state index in [4.69, 9.17) is 16.9 Å². The number of benzene rings is 2. The van der Waals surface area contributed by atoms with Crippen LogP contribution in [0.15, 0.2) is 42.5 Å². The molecule has 0 saturated carbocycles. The number of carbonyl (C=O) groups excluding carboxylic acids is 1. The Bertz CT molecular complexity index is 1080. The fourth-order valence-corrected chi connectivity index (χ4v) is 3.45. The van der Waals surface area contributed by atoms with Crippen molar-refractivity contribution in [2.45, 2.75) is 19.3 Å². The minimum Gasteiger partial charge on any atom is -0.321 e. The molecule has 1 N–H and O–H groups in total. The normalized spacial score (nSPS) is 12.5. The van der Waals surface area contributed by atoms with Crippen LogP contribution in [0.4, 0.5) is 10.1 Å². The SMILES string of the molecule is N#Cc1cc(NC(=O)c2nn(-c3ccc(F)cc3)c3c2CCC3)ccc1Cl. The maximum absolute atomic E-state index is 13.2. The predicted molar refractivity (Wildman–Crippen MR) is 99.7 cm³/mol. The number of rotatable bonds is 3. The third-order valence-corrected chi connectivity index (χ3v) is 4.89. The van der Waals surface area contributed by atoms with Crippen molar-refractivity contribution in [2.75, 3.05) is 5.32 Å². The van der Waals surface area contributed by atoms with E-state index in [1.807, 2.05) is 6.07 Å². The second kappa shape index (κ2) is 6.86. The van der Waals surface area contributed by atoms with Crippen molar-refractivity contribution in [1.82, 2.24) is 9.78 Å². The van der Waals surface area contributed by atoms with E-state index >= 15 is 0 Å². The van der Waals surface area contributed by atoms with Gasteiger partial charge in [0.05, 0.1) is 16.3 Å². The van der Waals surface area contributed by atoms with Crippen LogP contribution in [-0.4, -0.2) is 15.7 Å². The molecule has 1 aliphatic carbocycles. The van der Waals surface area contributed by atoms with Crippen LogP contribution in [0, 0.1) is 17.1 Å². The molecule has 7 heteroatoms. The number of aromatic nitrogens is 2. The summed E-state index contributed by atoms with van der Waals surface area (Å²) in [4.78, 5) is 12.8.